The Bertz CT molecular complexity index is 461. The number of rotatable bonds is 8. The molecule has 0 aliphatic heterocycles. The molecule has 0 saturated heterocycles. The summed E-state index contributed by atoms with van der Waals surface area (Å²) in [6.45, 7) is 3.01. The minimum Gasteiger partial charge on any atom is -0.370 e. The molecule has 1 N–H and O–H groups in total. The highest BCUT2D eigenvalue weighted by Gasteiger charge is 2.05. The van der Waals surface area contributed by atoms with Gasteiger partial charge in [0.2, 0.25) is 0 Å². The van der Waals surface area contributed by atoms with Gasteiger partial charge in [0.1, 0.15) is 15.7 Å². The molecule has 1 aromatic rings. The summed E-state index contributed by atoms with van der Waals surface area (Å²) in [5, 5.41) is 3.28. The highest BCUT2D eigenvalue weighted by Crippen LogP contribution is 2.18. The minimum absolute atomic E-state index is 0.232. The number of sulfone groups is 1. The number of pyridine rings is 1. The fraction of sp³-hybridized carbons (Fsp3) is 0.583. The van der Waals surface area contributed by atoms with Crippen molar-refractivity contribution >= 4 is 27.4 Å². The topological polar surface area (TPSA) is 59.1 Å². The molecule has 6 heteroatoms. The van der Waals surface area contributed by atoms with Crippen LogP contribution in [0.5, 0.6) is 0 Å². The van der Waals surface area contributed by atoms with E-state index in [2.05, 4.69) is 17.2 Å². The zero-order valence-corrected chi connectivity index (χ0v) is 12.5. The van der Waals surface area contributed by atoms with Crippen LogP contribution in [0.1, 0.15) is 18.9 Å². The molecule has 18 heavy (non-hydrogen) atoms. The molecule has 0 amide bonds. The van der Waals surface area contributed by atoms with Gasteiger partial charge in [0.15, 0.2) is 0 Å². The molecule has 0 bridgehead atoms. The Balaban J connectivity index is 2.46. The van der Waals surface area contributed by atoms with Gasteiger partial charge in [0.25, 0.3) is 0 Å². The maximum absolute atomic E-state index is 11.0. The van der Waals surface area contributed by atoms with E-state index in [1.807, 2.05) is 12.1 Å². The molecular weight excluding hydrogens is 268 g/mol. The van der Waals surface area contributed by atoms with Crippen LogP contribution in [0, 0.1) is 0 Å². The third-order valence-corrected chi connectivity index (χ3v) is 4.50. The highest BCUT2D eigenvalue weighted by molar-refractivity contribution is 7.99. The van der Waals surface area contributed by atoms with Crippen molar-refractivity contribution in [3.63, 3.8) is 0 Å². The number of nitrogens with zero attached hydrogens (tertiary/aromatic N) is 1. The van der Waals surface area contributed by atoms with Gasteiger partial charge in [0.05, 0.1) is 5.75 Å². The van der Waals surface area contributed by atoms with Crippen LogP contribution in [0.4, 0.5) is 5.82 Å². The second-order valence-corrected chi connectivity index (χ2v) is 7.49. The lowest BCUT2D eigenvalue weighted by Crippen LogP contribution is -2.06. The Hall–Kier alpha value is -0.750. The summed E-state index contributed by atoms with van der Waals surface area (Å²) in [7, 11) is -2.85. The summed E-state index contributed by atoms with van der Waals surface area (Å²) in [4.78, 5) is 4.30. The summed E-state index contributed by atoms with van der Waals surface area (Å²) in [5.74, 6) is 2.55. The summed E-state index contributed by atoms with van der Waals surface area (Å²) in [6, 6.07) is 3.93. The van der Waals surface area contributed by atoms with Gasteiger partial charge in [-0.25, -0.2) is 13.4 Å². The van der Waals surface area contributed by atoms with Crippen LogP contribution in [-0.2, 0) is 15.6 Å². The van der Waals surface area contributed by atoms with Crippen molar-refractivity contribution < 1.29 is 8.42 Å². The summed E-state index contributed by atoms with van der Waals surface area (Å²) in [5.41, 5.74) is 1.13. The zero-order chi connectivity index (χ0) is 13.4. The molecule has 1 aromatic heterocycles. The Morgan fingerprint density at radius 1 is 1.44 bits per heavy atom. The lowest BCUT2D eigenvalue weighted by Gasteiger charge is -2.09. The minimum atomic E-state index is -2.85. The van der Waals surface area contributed by atoms with Gasteiger partial charge in [-0.1, -0.05) is 13.0 Å². The predicted molar refractivity (Wildman–Crippen MR) is 78.9 cm³/mol. The quantitative estimate of drug-likeness (QED) is 0.743. The molecule has 0 fully saturated rings. The summed E-state index contributed by atoms with van der Waals surface area (Å²) in [6.07, 6.45) is 4.09. The normalized spacial score (nSPS) is 11.4. The molecule has 0 spiro atoms. The number of nitrogens with one attached hydrogen (secondary N) is 1. The maximum Gasteiger partial charge on any atom is 0.148 e. The first-order chi connectivity index (χ1) is 8.53. The molecule has 0 radical (unpaired) electrons. The number of hydrogen-bond donors (Lipinski definition) is 1. The molecule has 0 atom stereocenters. The van der Waals surface area contributed by atoms with Crippen molar-refractivity contribution in [2.24, 2.45) is 0 Å². The van der Waals surface area contributed by atoms with Gasteiger partial charge in [-0.05, 0) is 12.5 Å². The van der Waals surface area contributed by atoms with E-state index in [1.165, 1.54) is 6.26 Å². The standard InChI is InChI=1S/C12H20N2O2S2/c1-3-6-13-12-11(5-4-7-14-12)10-17-8-9-18(2,15)16/h4-5,7H,3,6,8-10H2,1-2H3,(H,13,14). The van der Waals surface area contributed by atoms with Gasteiger partial charge < -0.3 is 5.32 Å². The lowest BCUT2D eigenvalue weighted by atomic mass is 10.3. The Morgan fingerprint density at radius 3 is 2.89 bits per heavy atom. The molecular formula is C12H20N2O2S2. The second-order valence-electron chi connectivity index (χ2n) is 4.12. The van der Waals surface area contributed by atoms with Crippen molar-refractivity contribution in [3.05, 3.63) is 23.9 Å². The van der Waals surface area contributed by atoms with Crippen molar-refractivity contribution in [3.8, 4) is 0 Å². The average Bonchev–Trinajstić information content (AvgIpc) is 2.32. The molecule has 4 nitrogen and oxygen atoms in total. The van der Waals surface area contributed by atoms with Gasteiger partial charge in [-0.3, -0.25) is 0 Å². The molecule has 0 aromatic carbocycles. The van der Waals surface area contributed by atoms with Crippen LogP contribution in [0.2, 0.25) is 0 Å². The summed E-state index contributed by atoms with van der Waals surface area (Å²) < 4.78 is 22.0. The van der Waals surface area contributed by atoms with Crippen molar-refractivity contribution in [1.29, 1.82) is 0 Å². The van der Waals surface area contributed by atoms with Crippen LogP contribution < -0.4 is 5.32 Å². The van der Waals surface area contributed by atoms with Crippen LogP contribution >= 0.6 is 11.8 Å². The van der Waals surface area contributed by atoms with Crippen molar-refractivity contribution in [2.45, 2.75) is 19.1 Å². The van der Waals surface area contributed by atoms with Crippen molar-refractivity contribution in [2.75, 3.05) is 29.6 Å². The summed E-state index contributed by atoms with van der Waals surface area (Å²) >= 11 is 1.62. The van der Waals surface area contributed by atoms with Gasteiger partial charge >= 0.3 is 0 Å². The van der Waals surface area contributed by atoms with Gasteiger partial charge in [-0.2, -0.15) is 11.8 Å². The van der Waals surface area contributed by atoms with E-state index in [1.54, 1.807) is 18.0 Å². The number of aromatic nitrogens is 1. The number of anilines is 1. The molecule has 0 unspecified atom stereocenters. The third kappa shape index (κ3) is 6.26. The first kappa shape index (κ1) is 15.3. The van der Waals surface area contributed by atoms with E-state index in [4.69, 9.17) is 0 Å². The van der Waals surface area contributed by atoms with E-state index in [0.717, 1.165) is 30.1 Å². The second kappa shape index (κ2) is 7.63. The predicted octanol–water partition coefficient (Wildman–Crippen LogP) is 2.18. The van der Waals surface area contributed by atoms with Crippen LogP contribution in [-0.4, -0.2) is 37.7 Å². The maximum atomic E-state index is 11.0. The lowest BCUT2D eigenvalue weighted by molar-refractivity contribution is 0.603. The first-order valence-corrected chi connectivity index (χ1v) is 9.17. The molecule has 0 saturated carbocycles. The smallest absolute Gasteiger partial charge is 0.148 e. The zero-order valence-electron chi connectivity index (χ0n) is 10.8. The van der Waals surface area contributed by atoms with Gasteiger partial charge in [-0.15, -0.1) is 0 Å². The monoisotopic (exact) mass is 288 g/mol. The molecule has 1 heterocycles. The molecule has 102 valence electrons. The van der Waals surface area contributed by atoms with E-state index < -0.39 is 9.84 Å². The molecule has 1 rings (SSSR count). The fourth-order valence-corrected chi connectivity index (χ4v) is 3.63. The SMILES string of the molecule is CCCNc1ncccc1CSCCS(C)(=O)=O. The van der Waals surface area contributed by atoms with E-state index >= 15 is 0 Å². The average molecular weight is 288 g/mol. The van der Waals surface area contributed by atoms with Crippen LogP contribution in [0.25, 0.3) is 0 Å². The Morgan fingerprint density at radius 2 is 2.22 bits per heavy atom. The van der Waals surface area contributed by atoms with Crippen molar-refractivity contribution in [1.82, 2.24) is 4.98 Å². The van der Waals surface area contributed by atoms with Crippen LogP contribution in [0.15, 0.2) is 18.3 Å². The largest absolute Gasteiger partial charge is 0.370 e. The highest BCUT2D eigenvalue weighted by atomic mass is 32.2. The Labute approximate surface area is 114 Å². The third-order valence-electron chi connectivity index (χ3n) is 2.29. The fourth-order valence-electron chi connectivity index (χ4n) is 1.35. The van der Waals surface area contributed by atoms with Crippen LogP contribution in [0.3, 0.4) is 0 Å². The molecule has 0 aliphatic rings. The Kier molecular flexibility index (Phi) is 6.49. The number of thioether (sulfide) groups is 1. The first-order valence-electron chi connectivity index (χ1n) is 5.96. The van der Waals surface area contributed by atoms with E-state index in [0.29, 0.717) is 5.75 Å². The van der Waals surface area contributed by atoms with E-state index in [-0.39, 0.29) is 5.75 Å². The van der Waals surface area contributed by atoms with E-state index in [9.17, 15) is 8.42 Å². The molecule has 0 aliphatic carbocycles. The number of hydrogen-bond acceptors (Lipinski definition) is 5. The van der Waals surface area contributed by atoms with Gasteiger partial charge in [0, 0.05) is 36.1 Å².